The molecule has 0 saturated carbocycles. The highest BCUT2D eigenvalue weighted by atomic mass is 19.1. The smallest absolute Gasteiger partial charge is 0.319 e. The van der Waals surface area contributed by atoms with Crippen molar-refractivity contribution < 1.29 is 17.9 Å². The molecule has 2 aromatic heterocycles. The number of ether oxygens (including phenoxy) is 1. The van der Waals surface area contributed by atoms with Gasteiger partial charge in [0, 0.05) is 55.8 Å². The van der Waals surface area contributed by atoms with Crippen LogP contribution in [0.15, 0.2) is 42.6 Å². The van der Waals surface area contributed by atoms with E-state index in [1.165, 1.54) is 6.20 Å². The zero-order valence-electron chi connectivity index (χ0n) is 23.3. The first-order valence-electron chi connectivity index (χ1n) is 14.3. The lowest BCUT2D eigenvalue weighted by Gasteiger charge is -2.31. The van der Waals surface area contributed by atoms with Gasteiger partial charge in [-0.25, -0.2) is 13.2 Å². The molecule has 5 heterocycles. The van der Waals surface area contributed by atoms with Crippen LogP contribution < -0.4 is 15.0 Å². The standard InChI is InChI=1S/C32H31F3N6O/c1-3-19-7-4-8-20-9-5-10-22(26(19)20)28-27(35)29-23(14-37-28)30(40(2)25-16-36-15-24(25)34)39-31(38-29)42-18-32-11-6-12-41(32)17-21(33)13-32/h1,4-5,7-10,14,21,24-25,36H,6,11-13,15-18H2,2H3/t21-,24?,25?,32+/m1/s1. The average molecular weight is 573 g/mol. The van der Waals surface area contributed by atoms with Gasteiger partial charge in [0.25, 0.3) is 0 Å². The number of hydrogen-bond donors (Lipinski definition) is 1. The normalized spacial score (nSPS) is 25.6. The molecule has 3 aliphatic rings. The molecule has 4 atom stereocenters. The summed E-state index contributed by atoms with van der Waals surface area (Å²) in [5, 5.41) is 4.98. The Morgan fingerprint density at radius 1 is 1.19 bits per heavy atom. The summed E-state index contributed by atoms with van der Waals surface area (Å²) in [6.45, 7) is 2.02. The first-order valence-corrected chi connectivity index (χ1v) is 14.3. The largest absolute Gasteiger partial charge is 0.461 e. The number of aromatic nitrogens is 3. The third kappa shape index (κ3) is 4.34. The van der Waals surface area contributed by atoms with Gasteiger partial charge in [0.2, 0.25) is 0 Å². The van der Waals surface area contributed by atoms with E-state index in [1.807, 2.05) is 30.3 Å². The summed E-state index contributed by atoms with van der Waals surface area (Å²) in [7, 11) is 1.73. The van der Waals surface area contributed by atoms with Crippen molar-refractivity contribution in [1.82, 2.24) is 25.2 Å². The second-order valence-corrected chi connectivity index (χ2v) is 11.6. The topological polar surface area (TPSA) is 66.4 Å². The molecular weight excluding hydrogens is 541 g/mol. The minimum atomic E-state index is -1.13. The second kappa shape index (κ2) is 10.4. The van der Waals surface area contributed by atoms with E-state index in [4.69, 9.17) is 11.2 Å². The molecule has 3 aliphatic heterocycles. The van der Waals surface area contributed by atoms with E-state index in [0.29, 0.717) is 41.8 Å². The number of hydrogen-bond acceptors (Lipinski definition) is 7. The average Bonchev–Trinajstić information content (AvgIpc) is 3.68. The van der Waals surface area contributed by atoms with Crippen LogP contribution in [0, 0.1) is 18.2 Å². The molecule has 3 fully saturated rings. The molecule has 7 nitrogen and oxygen atoms in total. The first kappa shape index (κ1) is 26.9. The Hall–Kier alpha value is -3.94. The fourth-order valence-electron chi connectivity index (χ4n) is 7.02. The van der Waals surface area contributed by atoms with Crippen LogP contribution in [0.5, 0.6) is 6.01 Å². The molecule has 10 heteroatoms. The van der Waals surface area contributed by atoms with Crippen LogP contribution in [0.25, 0.3) is 32.9 Å². The van der Waals surface area contributed by atoms with Crippen LogP contribution in [0.3, 0.4) is 0 Å². The van der Waals surface area contributed by atoms with E-state index >= 15 is 4.39 Å². The van der Waals surface area contributed by atoms with Crippen molar-refractivity contribution in [3.63, 3.8) is 0 Å². The van der Waals surface area contributed by atoms with Crippen molar-refractivity contribution in [3.05, 3.63) is 54.0 Å². The number of likely N-dealkylation sites (N-methyl/N-ethyl adjacent to an activating group) is 1. The fraction of sp³-hybridized carbons (Fsp3) is 0.406. The van der Waals surface area contributed by atoms with Crippen molar-refractivity contribution in [1.29, 1.82) is 0 Å². The Morgan fingerprint density at radius 3 is 2.81 bits per heavy atom. The Labute approximate surface area is 242 Å². The molecule has 216 valence electrons. The third-order valence-electron chi connectivity index (χ3n) is 9.13. The number of pyridine rings is 1. The number of fused-ring (bicyclic) bond motifs is 3. The number of benzene rings is 2. The number of alkyl halides is 2. The van der Waals surface area contributed by atoms with Crippen LogP contribution in [0.2, 0.25) is 0 Å². The predicted octanol–water partition coefficient (Wildman–Crippen LogP) is 4.67. The van der Waals surface area contributed by atoms with E-state index < -0.39 is 29.7 Å². The molecular formula is C32H31F3N6O. The van der Waals surface area contributed by atoms with Gasteiger partial charge in [-0.3, -0.25) is 9.88 Å². The summed E-state index contributed by atoms with van der Waals surface area (Å²) >= 11 is 0. The molecule has 2 aromatic carbocycles. The number of nitrogens with zero attached hydrogens (tertiary/aromatic N) is 5. The van der Waals surface area contributed by atoms with E-state index in [2.05, 4.69) is 31.1 Å². The van der Waals surface area contributed by atoms with Gasteiger partial charge in [-0.15, -0.1) is 6.42 Å². The highest BCUT2D eigenvalue weighted by Gasteiger charge is 2.49. The van der Waals surface area contributed by atoms with Crippen molar-refractivity contribution in [2.45, 2.75) is 43.2 Å². The Bertz CT molecular complexity index is 1720. The van der Waals surface area contributed by atoms with Gasteiger partial charge in [-0.1, -0.05) is 36.3 Å². The maximum atomic E-state index is 16.6. The third-order valence-corrected chi connectivity index (χ3v) is 9.13. The summed E-state index contributed by atoms with van der Waals surface area (Å²) in [5.74, 6) is 2.36. The molecule has 3 saturated heterocycles. The predicted molar refractivity (Wildman–Crippen MR) is 157 cm³/mol. The molecule has 0 amide bonds. The number of terminal acetylenes is 1. The minimum absolute atomic E-state index is 0.0129. The molecule has 0 spiro atoms. The molecule has 42 heavy (non-hydrogen) atoms. The van der Waals surface area contributed by atoms with E-state index in [9.17, 15) is 8.78 Å². The van der Waals surface area contributed by atoms with Gasteiger partial charge < -0.3 is 15.0 Å². The zero-order valence-corrected chi connectivity index (χ0v) is 23.3. The summed E-state index contributed by atoms with van der Waals surface area (Å²) in [6.07, 6.45) is 7.43. The lowest BCUT2D eigenvalue weighted by Crippen LogP contribution is -2.43. The summed E-state index contributed by atoms with van der Waals surface area (Å²) in [6, 6.07) is 10.6. The van der Waals surface area contributed by atoms with E-state index in [1.54, 1.807) is 18.0 Å². The van der Waals surface area contributed by atoms with Crippen molar-refractivity contribution in [3.8, 4) is 29.6 Å². The lowest BCUT2D eigenvalue weighted by atomic mass is 9.95. The highest BCUT2D eigenvalue weighted by molar-refractivity contribution is 6.02. The van der Waals surface area contributed by atoms with Gasteiger partial charge in [0.1, 0.15) is 36.0 Å². The fourth-order valence-corrected chi connectivity index (χ4v) is 7.02. The molecule has 0 radical (unpaired) electrons. The van der Waals surface area contributed by atoms with E-state index in [-0.39, 0.29) is 30.4 Å². The molecule has 7 rings (SSSR count). The van der Waals surface area contributed by atoms with Crippen molar-refractivity contribution in [2.75, 3.05) is 44.7 Å². The maximum Gasteiger partial charge on any atom is 0.319 e. The Morgan fingerprint density at radius 2 is 2.02 bits per heavy atom. The van der Waals surface area contributed by atoms with Gasteiger partial charge >= 0.3 is 6.01 Å². The molecule has 2 unspecified atom stereocenters. The number of anilines is 1. The minimum Gasteiger partial charge on any atom is -0.461 e. The molecule has 1 N–H and O–H groups in total. The van der Waals surface area contributed by atoms with Gasteiger partial charge in [-0.2, -0.15) is 9.97 Å². The van der Waals surface area contributed by atoms with Crippen LogP contribution >= 0.6 is 0 Å². The Balaban J connectivity index is 1.36. The van der Waals surface area contributed by atoms with Gasteiger partial charge in [-0.05, 0) is 30.8 Å². The first-order chi connectivity index (χ1) is 20.4. The lowest BCUT2D eigenvalue weighted by molar-refractivity contribution is 0.107. The quantitative estimate of drug-likeness (QED) is 0.337. The van der Waals surface area contributed by atoms with Gasteiger partial charge in [0.05, 0.1) is 17.0 Å². The number of halogens is 3. The van der Waals surface area contributed by atoms with Crippen LogP contribution in [-0.4, -0.2) is 83.6 Å². The van der Waals surface area contributed by atoms with Crippen LogP contribution in [0.1, 0.15) is 24.8 Å². The Kier molecular flexibility index (Phi) is 6.67. The van der Waals surface area contributed by atoms with Gasteiger partial charge in [0.15, 0.2) is 5.82 Å². The molecule has 0 aliphatic carbocycles. The van der Waals surface area contributed by atoms with Crippen LogP contribution in [-0.2, 0) is 0 Å². The zero-order chi connectivity index (χ0) is 29.0. The summed E-state index contributed by atoms with van der Waals surface area (Å²) < 4.78 is 51.9. The van der Waals surface area contributed by atoms with Crippen molar-refractivity contribution in [2.24, 2.45) is 0 Å². The summed E-state index contributed by atoms with van der Waals surface area (Å²) in [4.78, 5) is 17.5. The van der Waals surface area contributed by atoms with Crippen molar-refractivity contribution >= 4 is 27.5 Å². The SMILES string of the molecule is C#Cc1cccc2cccc(-c3ncc4c(N(C)C5CNCC5F)nc(OC[C@@]56CCCN5C[C@H](F)C6)nc4c3F)c12. The second-order valence-electron chi connectivity index (χ2n) is 11.6. The number of rotatable bonds is 6. The summed E-state index contributed by atoms with van der Waals surface area (Å²) in [5.41, 5.74) is 0.846. The number of nitrogens with one attached hydrogen (secondary N) is 1. The highest BCUT2D eigenvalue weighted by Crippen LogP contribution is 2.41. The monoisotopic (exact) mass is 572 g/mol. The molecule has 4 aromatic rings. The van der Waals surface area contributed by atoms with E-state index in [0.717, 1.165) is 30.2 Å². The van der Waals surface area contributed by atoms with Crippen LogP contribution in [0.4, 0.5) is 19.0 Å². The molecule has 0 bridgehead atoms. The maximum absolute atomic E-state index is 16.6.